The van der Waals surface area contributed by atoms with Crippen LogP contribution in [0.15, 0.2) is 18.2 Å². The predicted octanol–water partition coefficient (Wildman–Crippen LogP) is 2.44. The lowest BCUT2D eigenvalue weighted by molar-refractivity contribution is -0.142. The van der Waals surface area contributed by atoms with Crippen LogP contribution in [-0.4, -0.2) is 23.0 Å². The third kappa shape index (κ3) is 3.10. The summed E-state index contributed by atoms with van der Waals surface area (Å²) < 4.78 is 26.9. The second-order valence-electron chi connectivity index (χ2n) is 6.17. The SMILES string of the molecule is O=C(O)C(CC1CC1)NC(=O)C1CC1c1cccc(F)c1F. The van der Waals surface area contributed by atoms with Crippen LogP contribution in [0.1, 0.15) is 37.2 Å². The number of hydrogen-bond acceptors (Lipinski definition) is 2. The summed E-state index contributed by atoms with van der Waals surface area (Å²) in [6.07, 6.45) is 2.86. The number of hydrogen-bond donors (Lipinski definition) is 2. The summed E-state index contributed by atoms with van der Waals surface area (Å²) in [6.45, 7) is 0. The number of nitrogens with one attached hydrogen (secondary N) is 1. The van der Waals surface area contributed by atoms with Gasteiger partial charge in [-0.2, -0.15) is 0 Å². The van der Waals surface area contributed by atoms with E-state index in [1.54, 1.807) is 0 Å². The summed E-state index contributed by atoms with van der Waals surface area (Å²) in [7, 11) is 0. The highest BCUT2D eigenvalue weighted by atomic mass is 19.2. The molecular weight excluding hydrogens is 292 g/mol. The van der Waals surface area contributed by atoms with E-state index in [0.29, 0.717) is 18.8 Å². The van der Waals surface area contributed by atoms with Crippen molar-refractivity contribution in [2.45, 2.75) is 37.6 Å². The quantitative estimate of drug-likeness (QED) is 0.848. The summed E-state index contributed by atoms with van der Waals surface area (Å²) in [5.74, 6) is -3.76. The number of amides is 1. The van der Waals surface area contributed by atoms with Crippen LogP contribution >= 0.6 is 0 Å². The van der Waals surface area contributed by atoms with Gasteiger partial charge in [0.25, 0.3) is 0 Å². The molecular formula is C16H17F2NO3. The van der Waals surface area contributed by atoms with Crippen LogP contribution in [0.3, 0.4) is 0 Å². The highest BCUT2D eigenvalue weighted by molar-refractivity contribution is 5.87. The van der Waals surface area contributed by atoms with Gasteiger partial charge in [-0.1, -0.05) is 25.0 Å². The molecule has 2 N–H and O–H groups in total. The first-order chi connectivity index (χ1) is 10.5. The van der Waals surface area contributed by atoms with E-state index in [9.17, 15) is 18.4 Å². The minimum Gasteiger partial charge on any atom is -0.480 e. The van der Waals surface area contributed by atoms with Crippen molar-refractivity contribution in [3.63, 3.8) is 0 Å². The lowest BCUT2D eigenvalue weighted by Crippen LogP contribution is -2.42. The maximum atomic E-state index is 13.7. The number of aliphatic carboxylic acids is 1. The van der Waals surface area contributed by atoms with E-state index < -0.39 is 29.6 Å². The number of carboxylic acid groups (broad SMARTS) is 1. The molecule has 4 nitrogen and oxygen atoms in total. The first-order valence-electron chi connectivity index (χ1n) is 7.44. The van der Waals surface area contributed by atoms with Gasteiger partial charge in [-0.25, -0.2) is 13.6 Å². The van der Waals surface area contributed by atoms with Crippen molar-refractivity contribution >= 4 is 11.9 Å². The van der Waals surface area contributed by atoms with Gasteiger partial charge in [0.2, 0.25) is 5.91 Å². The third-order valence-electron chi connectivity index (χ3n) is 4.39. The van der Waals surface area contributed by atoms with E-state index in [1.807, 2.05) is 0 Å². The Bertz CT molecular complexity index is 615. The summed E-state index contributed by atoms with van der Waals surface area (Å²) >= 11 is 0. The number of benzene rings is 1. The Kier molecular flexibility index (Phi) is 3.85. The van der Waals surface area contributed by atoms with E-state index in [4.69, 9.17) is 5.11 Å². The highest BCUT2D eigenvalue weighted by Gasteiger charge is 2.46. The van der Waals surface area contributed by atoms with Gasteiger partial charge < -0.3 is 10.4 Å². The van der Waals surface area contributed by atoms with Crippen LogP contribution in [0.4, 0.5) is 8.78 Å². The topological polar surface area (TPSA) is 66.4 Å². The molecule has 0 saturated heterocycles. The molecule has 2 aliphatic rings. The van der Waals surface area contributed by atoms with Crippen LogP contribution in [0.25, 0.3) is 0 Å². The second-order valence-corrected chi connectivity index (χ2v) is 6.17. The van der Waals surface area contributed by atoms with E-state index in [2.05, 4.69) is 5.32 Å². The van der Waals surface area contributed by atoms with E-state index in [-0.39, 0.29) is 17.4 Å². The van der Waals surface area contributed by atoms with Crippen molar-refractivity contribution < 1.29 is 23.5 Å². The fraction of sp³-hybridized carbons (Fsp3) is 0.500. The van der Waals surface area contributed by atoms with Gasteiger partial charge in [0, 0.05) is 5.92 Å². The lowest BCUT2D eigenvalue weighted by atomic mass is 10.1. The maximum absolute atomic E-state index is 13.7. The average molecular weight is 309 g/mol. The Balaban J connectivity index is 1.62. The van der Waals surface area contributed by atoms with Gasteiger partial charge in [-0.15, -0.1) is 0 Å². The van der Waals surface area contributed by atoms with E-state index >= 15 is 0 Å². The lowest BCUT2D eigenvalue weighted by Gasteiger charge is -2.14. The van der Waals surface area contributed by atoms with Gasteiger partial charge in [0.1, 0.15) is 6.04 Å². The van der Waals surface area contributed by atoms with E-state index in [1.165, 1.54) is 12.1 Å². The van der Waals surface area contributed by atoms with Crippen molar-refractivity contribution in [1.29, 1.82) is 0 Å². The molecule has 2 saturated carbocycles. The third-order valence-corrected chi connectivity index (χ3v) is 4.39. The first kappa shape index (κ1) is 14.9. The molecule has 22 heavy (non-hydrogen) atoms. The van der Waals surface area contributed by atoms with Crippen LogP contribution in [0.2, 0.25) is 0 Å². The Morgan fingerprint density at radius 3 is 2.68 bits per heavy atom. The molecule has 6 heteroatoms. The first-order valence-corrected chi connectivity index (χ1v) is 7.44. The zero-order valence-corrected chi connectivity index (χ0v) is 11.9. The highest BCUT2D eigenvalue weighted by Crippen LogP contribution is 2.48. The Hall–Kier alpha value is -1.98. The molecule has 0 spiro atoms. The second kappa shape index (κ2) is 5.66. The molecule has 0 aliphatic heterocycles. The van der Waals surface area contributed by atoms with Gasteiger partial charge >= 0.3 is 5.97 Å². The molecule has 3 unspecified atom stereocenters. The van der Waals surface area contributed by atoms with Crippen LogP contribution in [0.5, 0.6) is 0 Å². The van der Waals surface area contributed by atoms with Crippen LogP contribution < -0.4 is 5.32 Å². The van der Waals surface area contributed by atoms with Gasteiger partial charge in [-0.05, 0) is 36.3 Å². The van der Waals surface area contributed by atoms with Crippen LogP contribution in [0, 0.1) is 23.5 Å². The summed E-state index contributed by atoms with van der Waals surface area (Å²) in [6, 6.07) is 3.02. The predicted molar refractivity (Wildman–Crippen MR) is 74.1 cm³/mol. The zero-order chi connectivity index (χ0) is 15.9. The van der Waals surface area contributed by atoms with Crippen LogP contribution in [-0.2, 0) is 9.59 Å². The number of carbonyl (C=O) groups is 2. The molecule has 1 aromatic rings. The fourth-order valence-corrected chi connectivity index (χ4v) is 2.82. The molecule has 1 amide bonds. The van der Waals surface area contributed by atoms with Crippen molar-refractivity contribution in [2.24, 2.45) is 11.8 Å². The monoisotopic (exact) mass is 309 g/mol. The molecule has 2 fully saturated rings. The zero-order valence-electron chi connectivity index (χ0n) is 11.9. The van der Waals surface area contributed by atoms with Crippen molar-refractivity contribution in [3.05, 3.63) is 35.4 Å². The molecule has 0 radical (unpaired) electrons. The normalized spacial score (nSPS) is 24.6. The maximum Gasteiger partial charge on any atom is 0.326 e. The van der Waals surface area contributed by atoms with Gasteiger partial charge in [-0.3, -0.25) is 4.79 Å². The average Bonchev–Trinajstić information content (AvgIpc) is 3.34. The minimum absolute atomic E-state index is 0.189. The smallest absolute Gasteiger partial charge is 0.326 e. The molecule has 3 atom stereocenters. The molecule has 2 aliphatic carbocycles. The Morgan fingerprint density at radius 1 is 1.32 bits per heavy atom. The number of rotatable bonds is 6. The fourth-order valence-electron chi connectivity index (χ4n) is 2.82. The van der Waals surface area contributed by atoms with Gasteiger partial charge in [0.15, 0.2) is 11.6 Å². The molecule has 118 valence electrons. The molecule has 0 heterocycles. The number of carboxylic acids is 1. The standard InChI is InChI=1S/C16H17F2NO3/c17-12-3-1-2-9(14(12)18)10-7-11(10)15(20)19-13(16(21)22)6-8-4-5-8/h1-3,8,10-11,13H,4-7H2,(H,19,20)(H,21,22). The summed E-state index contributed by atoms with van der Waals surface area (Å²) in [5, 5.41) is 11.7. The Morgan fingerprint density at radius 2 is 2.05 bits per heavy atom. The van der Waals surface area contributed by atoms with Crippen molar-refractivity contribution in [1.82, 2.24) is 5.32 Å². The Labute approximate surface area is 126 Å². The number of carbonyl (C=O) groups excluding carboxylic acids is 1. The largest absolute Gasteiger partial charge is 0.480 e. The van der Waals surface area contributed by atoms with E-state index in [0.717, 1.165) is 18.9 Å². The molecule has 1 aromatic carbocycles. The van der Waals surface area contributed by atoms with Crippen molar-refractivity contribution in [2.75, 3.05) is 0 Å². The number of halogens is 2. The summed E-state index contributed by atoms with van der Waals surface area (Å²) in [5.41, 5.74) is 0.189. The van der Waals surface area contributed by atoms with Crippen molar-refractivity contribution in [3.8, 4) is 0 Å². The molecule has 0 aromatic heterocycles. The van der Waals surface area contributed by atoms with Gasteiger partial charge in [0.05, 0.1) is 0 Å². The minimum atomic E-state index is -1.05. The molecule has 0 bridgehead atoms. The molecule has 3 rings (SSSR count). The summed E-state index contributed by atoms with van der Waals surface area (Å²) in [4.78, 5) is 23.3.